The lowest BCUT2D eigenvalue weighted by Crippen LogP contribution is -2.12. The number of hydrogen-bond acceptors (Lipinski definition) is 5. The molecule has 114 valence electrons. The summed E-state index contributed by atoms with van der Waals surface area (Å²) in [5.41, 5.74) is 0.821. The number of anilines is 1. The molecule has 0 bridgehead atoms. The Labute approximate surface area is 133 Å². The van der Waals surface area contributed by atoms with Crippen LogP contribution in [0.25, 0.3) is 16.9 Å². The molecule has 3 rings (SSSR count). The van der Waals surface area contributed by atoms with Gasteiger partial charge >= 0.3 is 0 Å². The number of benzene rings is 1. The van der Waals surface area contributed by atoms with E-state index in [-0.39, 0.29) is 0 Å². The molecule has 0 aliphatic heterocycles. The quantitative estimate of drug-likeness (QED) is 0.708. The molecule has 6 nitrogen and oxygen atoms in total. The average Bonchev–Trinajstić information content (AvgIpc) is 3.06. The Bertz CT molecular complexity index is 760. The monoisotopic (exact) mass is 317 g/mol. The molecule has 2 heterocycles. The van der Waals surface area contributed by atoms with Crippen LogP contribution in [0.15, 0.2) is 36.9 Å². The van der Waals surface area contributed by atoms with Crippen molar-refractivity contribution in [1.29, 1.82) is 0 Å². The van der Waals surface area contributed by atoms with Crippen LogP contribution in [-0.2, 0) is 4.74 Å². The van der Waals surface area contributed by atoms with E-state index in [9.17, 15) is 0 Å². The molecule has 0 atom stereocenters. The van der Waals surface area contributed by atoms with E-state index in [0.29, 0.717) is 30.7 Å². The lowest BCUT2D eigenvalue weighted by Gasteiger charge is -2.11. The molecule has 0 unspecified atom stereocenters. The zero-order chi connectivity index (χ0) is 15.4. The summed E-state index contributed by atoms with van der Waals surface area (Å²) in [6.07, 6.45) is 5.17. The van der Waals surface area contributed by atoms with Crippen molar-refractivity contribution >= 4 is 28.3 Å². The number of nitrogens with one attached hydrogen (secondary N) is 1. The third-order valence-corrected chi connectivity index (χ3v) is 3.36. The smallest absolute Gasteiger partial charge is 0.237 e. The third-order valence-electron chi connectivity index (χ3n) is 3.12. The van der Waals surface area contributed by atoms with E-state index in [0.717, 1.165) is 16.7 Å². The Morgan fingerprint density at radius 2 is 2.23 bits per heavy atom. The first-order valence-electron chi connectivity index (χ1n) is 7.05. The number of ether oxygens (including phenoxy) is 1. The Morgan fingerprint density at radius 3 is 3.00 bits per heavy atom. The van der Waals surface area contributed by atoms with Gasteiger partial charge in [0.25, 0.3) is 0 Å². The topological polar surface area (TPSA) is 64.9 Å². The molecule has 1 N–H and O–H groups in total. The van der Waals surface area contributed by atoms with Crippen molar-refractivity contribution in [2.45, 2.75) is 6.92 Å². The second kappa shape index (κ2) is 6.72. The van der Waals surface area contributed by atoms with Crippen molar-refractivity contribution in [3.8, 4) is 5.95 Å². The minimum Gasteiger partial charge on any atom is -0.380 e. The molecule has 0 fully saturated rings. The predicted molar refractivity (Wildman–Crippen MR) is 86.7 cm³/mol. The standard InChI is InChI=1S/C15H16ClN5O/c1-2-22-8-6-18-14-12-9-11(16)3-4-13(12)19-15(20-14)21-7-5-17-10-21/h3-5,7,9-10H,2,6,8H2,1H3,(H,18,19,20). The van der Waals surface area contributed by atoms with Crippen LogP contribution in [0.4, 0.5) is 5.82 Å². The first kappa shape index (κ1) is 14.7. The molecule has 0 spiro atoms. The molecule has 0 aliphatic carbocycles. The van der Waals surface area contributed by atoms with E-state index in [1.165, 1.54) is 0 Å². The van der Waals surface area contributed by atoms with Crippen LogP contribution >= 0.6 is 11.6 Å². The number of aromatic nitrogens is 4. The van der Waals surface area contributed by atoms with Crippen molar-refractivity contribution in [2.75, 3.05) is 25.1 Å². The number of halogens is 1. The van der Waals surface area contributed by atoms with Gasteiger partial charge in [0.15, 0.2) is 0 Å². The Balaban J connectivity index is 1.99. The molecule has 1 aromatic carbocycles. The highest BCUT2D eigenvalue weighted by molar-refractivity contribution is 6.31. The molecule has 2 aromatic heterocycles. The number of imidazole rings is 1. The van der Waals surface area contributed by atoms with E-state index in [1.807, 2.05) is 25.1 Å². The van der Waals surface area contributed by atoms with Crippen molar-refractivity contribution in [1.82, 2.24) is 19.5 Å². The first-order chi connectivity index (χ1) is 10.8. The average molecular weight is 318 g/mol. The molecule has 7 heteroatoms. The first-order valence-corrected chi connectivity index (χ1v) is 7.43. The summed E-state index contributed by atoms with van der Waals surface area (Å²) < 4.78 is 7.11. The van der Waals surface area contributed by atoms with Crippen molar-refractivity contribution < 1.29 is 4.74 Å². The SMILES string of the molecule is CCOCCNc1nc(-n2ccnc2)nc2ccc(Cl)cc12. The fourth-order valence-electron chi connectivity index (χ4n) is 2.10. The summed E-state index contributed by atoms with van der Waals surface area (Å²) in [4.78, 5) is 13.1. The van der Waals surface area contributed by atoms with E-state index in [1.54, 1.807) is 23.3 Å². The van der Waals surface area contributed by atoms with Crippen molar-refractivity contribution in [2.24, 2.45) is 0 Å². The van der Waals surface area contributed by atoms with Gasteiger partial charge in [-0.05, 0) is 25.1 Å². The normalized spacial score (nSPS) is 11.0. The van der Waals surface area contributed by atoms with Gasteiger partial charge in [0.1, 0.15) is 12.1 Å². The maximum atomic E-state index is 6.09. The molecule has 0 amide bonds. The van der Waals surface area contributed by atoms with E-state index < -0.39 is 0 Å². The van der Waals surface area contributed by atoms with Gasteiger partial charge in [-0.25, -0.2) is 9.97 Å². The molecule has 0 aliphatic rings. The summed E-state index contributed by atoms with van der Waals surface area (Å²) in [7, 11) is 0. The lowest BCUT2D eigenvalue weighted by molar-refractivity contribution is 0.158. The van der Waals surface area contributed by atoms with Crippen LogP contribution < -0.4 is 5.32 Å². The van der Waals surface area contributed by atoms with Gasteiger partial charge in [-0.1, -0.05) is 11.6 Å². The van der Waals surface area contributed by atoms with Crippen LogP contribution in [0.3, 0.4) is 0 Å². The van der Waals surface area contributed by atoms with Gasteiger partial charge in [0.2, 0.25) is 5.95 Å². The minimum absolute atomic E-state index is 0.561. The lowest BCUT2D eigenvalue weighted by atomic mass is 10.2. The highest BCUT2D eigenvalue weighted by atomic mass is 35.5. The zero-order valence-corrected chi connectivity index (χ0v) is 12.9. The molecule has 3 aromatic rings. The second-order valence-corrected chi connectivity index (χ2v) is 5.06. The van der Waals surface area contributed by atoms with Crippen LogP contribution in [0.5, 0.6) is 0 Å². The molecular formula is C15H16ClN5O. The van der Waals surface area contributed by atoms with Gasteiger partial charge < -0.3 is 10.1 Å². The summed E-state index contributed by atoms with van der Waals surface area (Å²) >= 11 is 6.09. The fraction of sp³-hybridized carbons (Fsp3) is 0.267. The van der Waals surface area contributed by atoms with E-state index >= 15 is 0 Å². The molecule has 22 heavy (non-hydrogen) atoms. The highest BCUT2D eigenvalue weighted by Crippen LogP contribution is 2.24. The third kappa shape index (κ3) is 3.18. The Morgan fingerprint density at radius 1 is 1.32 bits per heavy atom. The Kier molecular flexibility index (Phi) is 4.50. The zero-order valence-electron chi connectivity index (χ0n) is 12.2. The van der Waals surface area contributed by atoms with E-state index in [2.05, 4.69) is 20.3 Å². The number of nitrogens with zero attached hydrogens (tertiary/aromatic N) is 4. The maximum absolute atomic E-state index is 6.09. The van der Waals surface area contributed by atoms with Gasteiger partial charge in [-0.15, -0.1) is 0 Å². The van der Waals surface area contributed by atoms with Gasteiger partial charge in [0, 0.05) is 36.0 Å². The highest BCUT2D eigenvalue weighted by Gasteiger charge is 2.09. The molecule has 0 saturated carbocycles. The molecule has 0 radical (unpaired) electrons. The van der Waals surface area contributed by atoms with Crippen molar-refractivity contribution in [3.63, 3.8) is 0 Å². The summed E-state index contributed by atoms with van der Waals surface area (Å²) in [6, 6.07) is 5.56. The van der Waals surface area contributed by atoms with E-state index in [4.69, 9.17) is 16.3 Å². The van der Waals surface area contributed by atoms with Gasteiger partial charge in [-0.3, -0.25) is 4.57 Å². The maximum Gasteiger partial charge on any atom is 0.237 e. The minimum atomic E-state index is 0.561. The number of fused-ring (bicyclic) bond motifs is 1. The van der Waals surface area contributed by atoms with Crippen LogP contribution in [0.2, 0.25) is 5.02 Å². The van der Waals surface area contributed by atoms with Crippen molar-refractivity contribution in [3.05, 3.63) is 41.9 Å². The van der Waals surface area contributed by atoms with Crippen LogP contribution in [0, 0.1) is 0 Å². The largest absolute Gasteiger partial charge is 0.380 e. The van der Waals surface area contributed by atoms with Crippen LogP contribution in [-0.4, -0.2) is 39.3 Å². The Hall–Kier alpha value is -2.18. The van der Waals surface area contributed by atoms with Gasteiger partial charge in [0.05, 0.1) is 12.1 Å². The molecule has 0 saturated heterocycles. The summed E-state index contributed by atoms with van der Waals surface area (Å²) in [5.74, 6) is 1.29. The number of rotatable bonds is 6. The molecular weight excluding hydrogens is 302 g/mol. The summed E-state index contributed by atoms with van der Waals surface area (Å²) in [5, 5.41) is 4.82. The predicted octanol–water partition coefficient (Wildman–Crippen LogP) is 2.92. The van der Waals surface area contributed by atoms with Crippen LogP contribution in [0.1, 0.15) is 6.92 Å². The summed E-state index contributed by atoms with van der Waals surface area (Å²) in [6.45, 7) is 3.94. The number of hydrogen-bond donors (Lipinski definition) is 1. The second-order valence-electron chi connectivity index (χ2n) is 4.63. The fourth-order valence-corrected chi connectivity index (χ4v) is 2.27. The van der Waals surface area contributed by atoms with Gasteiger partial charge in [-0.2, -0.15) is 4.98 Å².